The quantitative estimate of drug-likeness (QED) is 0.761. The minimum atomic E-state index is -1.04. The lowest BCUT2D eigenvalue weighted by molar-refractivity contribution is 0.0696. The molecule has 0 spiro atoms. The molecule has 0 bridgehead atoms. The van der Waals surface area contributed by atoms with Crippen LogP contribution in [0.2, 0.25) is 0 Å². The molecule has 5 heteroatoms. The van der Waals surface area contributed by atoms with E-state index in [0.717, 1.165) is 0 Å². The van der Waals surface area contributed by atoms with Crippen LogP contribution < -0.4 is 11.1 Å². The van der Waals surface area contributed by atoms with Crippen LogP contribution in [-0.4, -0.2) is 23.5 Å². The Hall–Kier alpha value is -2.04. The number of benzene rings is 1. The van der Waals surface area contributed by atoms with Crippen molar-refractivity contribution in [3.63, 3.8) is 0 Å². The highest BCUT2D eigenvalue weighted by atomic mass is 16.4. The molecule has 0 fully saturated rings. The SMILES string of the molecule is CC(C)(C)CNc1cc(C(=O)O)ccc1C(N)=O. The second kappa shape index (κ2) is 5.08. The smallest absolute Gasteiger partial charge is 0.335 e. The van der Waals surface area contributed by atoms with Gasteiger partial charge in [-0.3, -0.25) is 4.79 Å². The maximum atomic E-state index is 11.3. The monoisotopic (exact) mass is 250 g/mol. The number of aromatic carboxylic acids is 1. The van der Waals surface area contributed by atoms with E-state index < -0.39 is 11.9 Å². The molecule has 18 heavy (non-hydrogen) atoms. The van der Waals surface area contributed by atoms with Gasteiger partial charge in [-0.1, -0.05) is 20.8 Å². The number of carboxylic acid groups (broad SMARTS) is 1. The van der Waals surface area contributed by atoms with Crippen LogP contribution >= 0.6 is 0 Å². The van der Waals surface area contributed by atoms with Crippen molar-refractivity contribution in [2.75, 3.05) is 11.9 Å². The number of rotatable bonds is 4. The lowest BCUT2D eigenvalue weighted by atomic mass is 9.96. The lowest BCUT2D eigenvalue weighted by Crippen LogP contribution is -2.22. The minimum Gasteiger partial charge on any atom is -0.478 e. The van der Waals surface area contributed by atoms with Gasteiger partial charge < -0.3 is 16.2 Å². The van der Waals surface area contributed by atoms with Gasteiger partial charge in [0, 0.05) is 12.2 Å². The maximum absolute atomic E-state index is 11.3. The van der Waals surface area contributed by atoms with Gasteiger partial charge >= 0.3 is 5.97 Å². The summed E-state index contributed by atoms with van der Waals surface area (Å²) >= 11 is 0. The van der Waals surface area contributed by atoms with E-state index >= 15 is 0 Å². The molecule has 1 aromatic carbocycles. The molecule has 1 aromatic rings. The molecule has 5 nitrogen and oxygen atoms in total. The standard InChI is InChI=1S/C13H18N2O3/c1-13(2,3)7-15-10-6-8(12(17)18)4-5-9(10)11(14)16/h4-6,15H,7H2,1-3H3,(H2,14,16)(H,17,18). The van der Waals surface area contributed by atoms with Gasteiger partial charge in [-0.2, -0.15) is 0 Å². The van der Waals surface area contributed by atoms with Gasteiger partial charge in [0.15, 0.2) is 0 Å². The molecule has 1 rings (SSSR count). The summed E-state index contributed by atoms with van der Waals surface area (Å²) in [6.45, 7) is 6.71. The highest BCUT2D eigenvalue weighted by molar-refractivity contribution is 6.00. The van der Waals surface area contributed by atoms with E-state index in [1.165, 1.54) is 18.2 Å². The van der Waals surface area contributed by atoms with E-state index in [2.05, 4.69) is 5.32 Å². The molecule has 0 aromatic heterocycles. The number of carbonyl (C=O) groups is 2. The molecule has 0 atom stereocenters. The summed E-state index contributed by atoms with van der Waals surface area (Å²) < 4.78 is 0. The van der Waals surface area contributed by atoms with Crippen LogP contribution in [0.25, 0.3) is 0 Å². The van der Waals surface area contributed by atoms with Crippen molar-refractivity contribution >= 4 is 17.6 Å². The first-order valence-electron chi connectivity index (χ1n) is 5.62. The molecule has 0 aliphatic heterocycles. The van der Waals surface area contributed by atoms with Crippen molar-refractivity contribution in [3.05, 3.63) is 29.3 Å². The lowest BCUT2D eigenvalue weighted by Gasteiger charge is -2.20. The molecule has 0 saturated heterocycles. The average molecular weight is 250 g/mol. The Morgan fingerprint density at radius 2 is 1.94 bits per heavy atom. The van der Waals surface area contributed by atoms with Crippen molar-refractivity contribution in [2.24, 2.45) is 11.1 Å². The summed E-state index contributed by atoms with van der Waals surface area (Å²) in [6.07, 6.45) is 0. The van der Waals surface area contributed by atoms with Crippen molar-refractivity contribution in [3.8, 4) is 0 Å². The Morgan fingerprint density at radius 3 is 2.39 bits per heavy atom. The zero-order valence-corrected chi connectivity index (χ0v) is 10.8. The summed E-state index contributed by atoms with van der Waals surface area (Å²) in [4.78, 5) is 22.2. The molecular weight excluding hydrogens is 232 g/mol. The van der Waals surface area contributed by atoms with E-state index in [1.54, 1.807) is 0 Å². The van der Waals surface area contributed by atoms with Crippen LogP contribution in [0.15, 0.2) is 18.2 Å². The number of amides is 1. The fourth-order valence-corrected chi connectivity index (χ4v) is 1.40. The van der Waals surface area contributed by atoms with Crippen molar-refractivity contribution < 1.29 is 14.7 Å². The van der Waals surface area contributed by atoms with Gasteiger partial charge in [-0.05, 0) is 23.6 Å². The zero-order valence-electron chi connectivity index (χ0n) is 10.8. The highest BCUT2D eigenvalue weighted by Gasteiger charge is 2.15. The van der Waals surface area contributed by atoms with E-state index in [-0.39, 0.29) is 11.0 Å². The van der Waals surface area contributed by atoms with Crippen molar-refractivity contribution in [1.29, 1.82) is 0 Å². The van der Waals surface area contributed by atoms with Crippen LogP contribution in [0.5, 0.6) is 0 Å². The Labute approximate surface area is 106 Å². The molecule has 0 unspecified atom stereocenters. The zero-order chi connectivity index (χ0) is 13.9. The predicted molar refractivity (Wildman–Crippen MR) is 69.9 cm³/mol. The van der Waals surface area contributed by atoms with Crippen molar-refractivity contribution in [1.82, 2.24) is 0 Å². The summed E-state index contributed by atoms with van der Waals surface area (Å²) in [5.74, 6) is -1.62. The Kier molecular flexibility index (Phi) is 3.96. The van der Waals surface area contributed by atoms with Gasteiger partial charge in [0.1, 0.15) is 0 Å². The first-order valence-corrected chi connectivity index (χ1v) is 5.62. The largest absolute Gasteiger partial charge is 0.478 e. The minimum absolute atomic E-state index is 0.00808. The summed E-state index contributed by atoms with van der Waals surface area (Å²) in [7, 11) is 0. The fraction of sp³-hybridized carbons (Fsp3) is 0.385. The fourth-order valence-electron chi connectivity index (χ4n) is 1.40. The van der Waals surface area contributed by atoms with Crippen LogP contribution in [0.3, 0.4) is 0 Å². The molecule has 98 valence electrons. The number of anilines is 1. The van der Waals surface area contributed by atoms with E-state index in [9.17, 15) is 9.59 Å². The van der Waals surface area contributed by atoms with Crippen LogP contribution in [0, 0.1) is 5.41 Å². The molecule has 0 radical (unpaired) electrons. The average Bonchev–Trinajstić information content (AvgIpc) is 2.24. The number of carboxylic acids is 1. The van der Waals surface area contributed by atoms with Gasteiger partial charge in [0.05, 0.1) is 11.1 Å². The molecule has 4 N–H and O–H groups in total. The number of nitrogens with one attached hydrogen (secondary N) is 1. The Balaban J connectivity index is 3.08. The maximum Gasteiger partial charge on any atom is 0.335 e. The van der Waals surface area contributed by atoms with Crippen LogP contribution in [-0.2, 0) is 0 Å². The van der Waals surface area contributed by atoms with E-state index in [1.807, 2.05) is 20.8 Å². The second-order valence-electron chi connectivity index (χ2n) is 5.34. The molecule has 0 heterocycles. The summed E-state index contributed by atoms with van der Waals surface area (Å²) in [5, 5.41) is 12.0. The summed E-state index contributed by atoms with van der Waals surface area (Å²) in [6, 6.07) is 4.22. The third-order valence-electron chi connectivity index (χ3n) is 2.34. The number of hydrogen-bond donors (Lipinski definition) is 3. The normalized spacial score (nSPS) is 11.1. The van der Waals surface area contributed by atoms with Crippen LogP contribution in [0.1, 0.15) is 41.5 Å². The predicted octanol–water partition coefficient (Wildman–Crippen LogP) is 1.94. The number of primary amides is 1. The topological polar surface area (TPSA) is 92.4 Å². The second-order valence-corrected chi connectivity index (χ2v) is 5.34. The molecule has 0 aliphatic carbocycles. The first-order chi connectivity index (χ1) is 8.20. The Bertz CT molecular complexity index is 476. The molecule has 1 amide bonds. The highest BCUT2D eigenvalue weighted by Crippen LogP contribution is 2.20. The van der Waals surface area contributed by atoms with E-state index in [0.29, 0.717) is 17.8 Å². The van der Waals surface area contributed by atoms with Gasteiger partial charge in [0.2, 0.25) is 0 Å². The molecule has 0 aliphatic rings. The van der Waals surface area contributed by atoms with Gasteiger partial charge in [0.25, 0.3) is 5.91 Å². The third-order valence-corrected chi connectivity index (χ3v) is 2.34. The Morgan fingerprint density at radius 1 is 1.33 bits per heavy atom. The summed E-state index contributed by atoms with van der Waals surface area (Å²) in [5.41, 5.74) is 6.13. The first kappa shape index (κ1) is 14.0. The van der Waals surface area contributed by atoms with Crippen molar-refractivity contribution in [2.45, 2.75) is 20.8 Å². The number of hydrogen-bond acceptors (Lipinski definition) is 3. The molecular formula is C13H18N2O3. The van der Waals surface area contributed by atoms with E-state index in [4.69, 9.17) is 10.8 Å². The third kappa shape index (κ3) is 3.76. The van der Waals surface area contributed by atoms with Gasteiger partial charge in [-0.15, -0.1) is 0 Å². The van der Waals surface area contributed by atoms with Crippen LogP contribution in [0.4, 0.5) is 5.69 Å². The number of carbonyl (C=O) groups excluding carboxylic acids is 1. The van der Waals surface area contributed by atoms with Gasteiger partial charge in [-0.25, -0.2) is 4.79 Å². The number of nitrogens with two attached hydrogens (primary N) is 1. The molecule has 0 saturated carbocycles.